The van der Waals surface area contributed by atoms with E-state index in [1.165, 1.54) is 50.5 Å². The van der Waals surface area contributed by atoms with Crippen LogP contribution < -0.4 is 0 Å². The van der Waals surface area contributed by atoms with Crippen molar-refractivity contribution < 1.29 is 19.0 Å². The molecule has 4 saturated carbocycles. The molecule has 5 fully saturated rings. The summed E-state index contributed by atoms with van der Waals surface area (Å²) in [6.07, 6.45) is 12.1. The number of ether oxygens (including phenoxy) is 3. The maximum Gasteiger partial charge on any atom is 0.168 e. The van der Waals surface area contributed by atoms with Crippen LogP contribution in [0.25, 0.3) is 0 Å². The van der Waals surface area contributed by atoms with E-state index in [0.29, 0.717) is 24.2 Å². The molecule has 1 spiro atoms. The maximum atomic E-state index is 12.7. The lowest BCUT2D eigenvalue weighted by atomic mass is 9.48. The van der Waals surface area contributed by atoms with Crippen molar-refractivity contribution in [2.45, 2.75) is 96.6 Å². The molecule has 8 atom stereocenters. The van der Waals surface area contributed by atoms with E-state index in [4.69, 9.17) is 14.2 Å². The predicted octanol–water partition coefficient (Wildman–Crippen LogP) is 6.56. The Balaban J connectivity index is 1.19. The molecule has 0 bridgehead atoms. The van der Waals surface area contributed by atoms with E-state index in [1.54, 1.807) is 0 Å². The lowest BCUT2D eigenvalue weighted by Crippen LogP contribution is -2.53. The summed E-state index contributed by atoms with van der Waals surface area (Å²) in [5.74, 6) is 4.50. The zero-order chi connectivity index (χ0) is 24.0. The van der Waals surface area contributed by atoms with E-state index in [9.17, 15) is 4.79 Å². The molecule has 0 N–H and O–H groups in total. The first-order chi connectivity index (χ1) is 17.0. The van der Waals surface area contributed by atoms with E-state index >= 15 is 0 Å². The Morgan fingerprint density at radius 3 is 2.51 bits per heavy atom. The predicted molar refractivity (Wildman–Crippen MR) is 136 cm³/mol. The molecule has 0 amide bonds. The number of ketones is 1. The molecule has 1 saturated heterocycles. The highest BCUT2D eigenvalue weighted by Crippen LogP contribution is 2.67. The van der Waals surface area contributed by atoms with Crippen molar-refractivity contribution in [3.63, 3.8) is 0 Å². The molecular formula is C31H44O4. The lowest BCUT2D eigenvalue weighted by molar-refractivity contribution is -0.210. The van der Waals surface area contributed by atoms with Crippen LogP contribution in [0.1, 0.15) is 83.6 Å². The van der Waals surface area contributed by atoms with Gasteiger partial charge < -0.3 is 19.0 Å². The number of hydrogen-bond donors (Lipinski definition) is 0. The Morgan fingerprint density at radius 1 is 0.971 bits per heavy atom. The van der Waals surface area contributed by atoms with Crippen molar-refractivity contribution in [3.8, 4) is 0 Å². The minimum Gasteiger partial charge on any atom is -0.374 e. The molecule has 1 aromatic rings. The van der Waals surface area contributed by atoms with Crippen LogP contribution in [0.4, 0.5) is 0 Å². The number of carbonyl (C=O) groups excluding carboxylic acids is 1. The minimum absolute atomic E-state index is 0.142. The number of benzene rings is 1. The van der Waals surface area contributed by atoms with Crippen LogP contribution in [-0.4, -0.2) is 30.9 Å². The number of carbonyl (C=O) groups is 1. The molecule has 4 nitrogen and oxygen atoms in total. The van der Waals surface area contributed by atoms with Crippen LogP contribution in [0, 0.1) is 40.9 Å². The fraction of sp³-hybridized carbons (Fsp3) is 0.774. The molecule has 35 heavy (non-hydrogen) atoms. The van der Waals surface area contributed by atoms with Crippen molar-refractivity contribution in [2.75, 3.05) is 13.2 Å². The molecule has 5 aliphatic rings. The molecular weight excluding hydrogens is 436 g/mol. The molecule has 4 heteroatoms. The first-order valence-electron chi connectivity index (χ1n) is 14.4. The zero-order valence-corrected chi connectivity index (χ0v) is 21.8. The Labute approximate surface area is 211 Å². The van der Waals surface area contributed by atoms with Crippen molar-refractivity contribution in [2.24, 2.45) is 40.9 Å². The van der Waals surface area contributed by atoms with E-state index in [-0.39, 0.29) is 17.3 Å². The van der Waals surface area contributed by atoms with Gasteiger partial charge in [-0.15, -0.1) is 0 Å². The van der Waals surface area contributed by atoms with Gasteiger partial charge in [0, 0.05) is 19.3 Å². The fourth-order valence-corrected chi connectivity index (χ4v) is 9.87. The first kappa shape index (κ1) is 24.1. The van der Waals surface area contributed by atoms with E-state index in [2.05, 4.69) is 37.3 Å². The Hall–Kier alpha value is -1.23. The summed E-state index contributed by atoms with van der Waals surface area (Å²) in [6.45, 7) is 6.31. The quantitative estimate of drug-likeness (QED) is 0.462. The van der Waals surface area contributed by atoms with Gasteiger partial charge in [0.25, 0.3) is 0 Å². The van der Waals surface area contributed by atoms with Crippen molar-refractivity contribution in [1.82, 2.24) is 0 Å². The Bertz CT molecular complexity index is 893. The van der Waals surface area contributed by atoms with Gasteiger partial charge in [-0.25, -0.2) is 0 Å². The highest BCUT2D eigenvalue weighted by atomic mass is 16.7. The van der Waals surface area contributed by atoms with E-state index < -0.39 is 0 Å². The van der Waals surface area contributed by atoms with E-state index in [1.807, 2.05) is 6.92 Å². The lowest BCUT2D eigenvalue weighted by Gasteiger charge is -2.58. The molecule has 1 heterocycles. The van der Waals surface area contributed by atoms with Gasteiger partial charge in [0.1, 0.15) is 5.78 Å². The second-order valence-corrected chi connectivity index (χ2v) is 12.6. The van der Waals surface area contributed by atoms with Gasteiger partial charge in [0.05, 0.1) is 25.9 Å². The van der Waals surface area contributed by atoms with Crippen molar-refractivity contribution >= 4 is 5.78 Å². The first-order valence-corrected chi connectivity index (χ1v) is 14.4. The van der Waals surface area contributed by atoms with Gasteiger partial charge in [-0.05, 0) is 105 Å². The molecule has 6 rings (SSSR count). The van der Waals surface area contributed by atoms with Crippen LogP contribution in [0.5, 0.6) is 0 Å². The van der Waals surface area contributed by atoms with Gasteiger partial charge in [-0.3, -0.25) is 0 Å². The van der Waals surface area contributed by atoms with Gasteiger partial charge >= 0.3 is 0 Å². The molecule has 0 radical (unpaired) electrons. The number of fused-ring (bicyclic) bond motifs is 5. The van der Waals surface area contributed by atoms with Gasteiger partial charge in [-0.2, -0.15) is 0 Å². The third-order valence-corrected chi connectivity index (χ3v) is 11.0. The zero-order valence-electron chi connectivity index (χ0n) is 21.8. The molecule has 0 aromatic heterocycles. The van der Waals surface area contributed by atoms with Gasteiger partial charge in [-0.1, -0.05) is 30.3 Å². The molecule has 1 aliphatic heterocycles. The number of rotatable bonds is 6. The second kappa shape index (κ2) is 9.58. The number of hydrogen-bond acceptors (Lipinski definition) is 4. The van der Waals surface area contributed by atoms with Crippen LogP contribution in [0.3, 0.4) is 0 Å². The van der Waals surface area contributed by atoms with Crippen molar-refractivity contribution in [3.05, 3.63) is 35.9 Å². The summed E-state index contributed by atoms with van der Waals surface area (Å²) in [4.78, 5) is 12.7. The average Bonchev–Trinajstić information content (AvgIpc) is 3.47. The average molecular weight is 481 g/mol. The summed E-state index contributed by atoms with van der Waals surface area (Å²) in [7, 11) is 0. The molecule has 192 valence electrons. The van der Waals surface area contributed by atoms with E-state index in [0.717, 1.165) is 56.1 Å². The van der Waals surface area contributed by atoms with Crippen LogP contribution in [0.2, 0.25) is 0 Å². The molecule has 4 aliphatic carbocycles. The highest BCUT2D eigenvalue weighted by Gasteiger charge is 2.61. The molecule has 2 unspecified atom stereocenters. The van der Waals surface area contributed by atoms with Gasteiger partial charge in [0.2, 0.25) is 0 Å². The normalized spacial score (nSPS) is 40.6. The monoisotopic (exact) mass is 480 g/mol. The Morgan fingerprint density at radius 2 is 1.74 bits per heavy atom. The number of Topliss-reactive ketones (excluding diaryl/α,β-unsaturated/α-hetero) is 1. The summed E-state index contributed by atoms with van der Waals surface area (Å²) in [5.41, 5.74) is 1.38. The largest absolute Gasteiger partial charge is 0.374 e. The third-order valence-electron chi connectivity index (χ3n) is 11.0. The smallest absolute Gasteiger partial charge is 0.168 e. The highest BCUT2D eigenvalue weighted by molar-refractivity contribution is 5.76. The van der Waals surface area contributed by atoms with Gasteiger partial charge in [0.15, 0.2) is 5.79 Å². The van der Waals surface area contributed by atoms with Crippen molar-refractivity contribution in [1.29, 1.82) is 0 Å². The summed E-state index contributed by atoms with van der Waals surface area (Å²) < 4.78 is 18.7. The molecule has 1 aromatic carbocycles. The third kappa shape index (κ3) is 4.32. The SMILES string of the molecule is CC(=O)C[C@]12CC[C@H]3[C@@H](CCC4CC5(CC[C@@H]43)OCCO5)[C@@H]1CC[C@@H]2C(C)OCc1ccccc1. The van der Waals surface area contributed by atoms with Crippen LogP contribution in [-0.2, 0) is 25.6 Å². The topological polar surface area (TPSA) is 44.8 Å². The summed E-state index contributed by atoms with van der Waals surface area (Å²) in [5, 5.41) is 0. The second-order valence-electron chi connectivity index (χ2n) is 12.6. The summed E-state index contributed by atoms with van der Waals surface area (Å²) in [6, 6.07) is 10.5. The Kier molecular flexibility index (Phi) is 6.60. The van der Waals surface area contributed by atoms with Crippen LogP contribution >= 0.6 is 0 Å². The van der Waals surface area contributed by atoms with Crippen LogP contribution in [0.15, 0.2) is 30.3 Å². The maximum absolute atomic E-state index is 12.7. The minimum atomic E-state index is -0.259. The summed E-state index contributed by atoms with van der Waals surface area (Å²) >= 11 is 0. The standard InChI is InChI=1S/C31H44O4/c1-21(32)18-30-14-12-26-25-13-15-31(34-16-17-35-31)19-24(25)8-9-27(26)29(30)11-10-28(30)22(2)33-20-23-6-4-3-5-7-23/h3-7,22,24-29H,8-20H2,1-2H3/t22?,24?,25-,26+,27+,28+,29-,30-/m0/s1. The fourth-order valence-electron chi connectivity index (χ4n) is 9.87.